The summed E-state index contributed by atoms with van der Waals surface area (Å²) in [7, 11) is -4.74. The van der Waals surface area contributed by atoms with Crippen LogP contribution in [-0.2, 0) is 31.4 Å². The number of carbonyl (C=O) groups excluding carboxylic acids is 1. The third-order valence-electron chi connectivity index (χ3n) is 3.49. The average Bonchev–Trinajstić information content (AvgIpc) is 3.08. The summed E-state index contributed by atoms with van der Waals surface area (Å²) in [6, 6.07) is 7.78. The van der Waals surface area contributed by atoms with E-state index in [9.17, 15) is 21.6 Å². The number of sulfonamides is 2. The molecule has 0 fully saturated rings. The van der Waals surface area contributed by atoms with Crippen LogP contribution < -0.4 is 4.72 Å². The molecular formula is C17H22N2O7S2. The Bertz CT molecular complexity index is 1050. The number of hydrogen-bond acceptors (Lipinski definition) is 7. The van der Waals surface area contributed by atoms with E-state index in [-0.39, 0.29) is 34.0 Å². The minimum absolute atomic E-state index is 0.0410. The topological polar surface area (TPSA) is 123 Å². The van der Waals surface area contributed by atoms with E-state index in [1.54, 1.807) is 13.8 Å². The third-order valence-corrected chi connectivity index (χ3v) is 6.83. The van der Waals surface area contributed by atoms with E-state index >= 15 is 0 Å². The van der Waals surface area contributed by atoms with Crippen LogP contribution in [-0.4, -0.2) is 47.2 Å². The molecule has 0 aliphatic carbocycles. The molecule has 1 aromatic heterocycles. The molecule has 0 radical (unpaired) electrons. The summed E-state index contributed by atoms with van der Waals surface area (Å²) < 4.78 is 62.1. The molecule has 0 saturated heterocycles. The zero-order valence-electron chi connectivity index (χ0n) is 15.9. The molecule has 0 unspecified atom stereocenters. The summed E-state index contributed by atoms with van der Waals surface area (Å²) >= 11 is 0. The van der Waals surface area contributed by atoms with Gasteiger partial charge in [-0.05, 0) is 44.2 Å². The van der Waals surface area contributed by atoms with Gasteiger partial charge in [0.25, 0.3) is 10.0 Å². The zero-order chi connectivity index (χ0) is 21.1. The Morgan fingerprint density at radius 3 is 2.43 bits per heavy atom. The van der Waals surface area contributed by atoms with Crippen LogP contribution in [0.15, 0.2) is 50.8 Å². The average molecular weight is 431 g/mol. The molecule has 0 atom stereocenters. The van der Waals surface area contributed by atoms with Crippen molar-refractivity contribution in [3.05, 3.63) is 47.7 Å². The molecular weight excluding hydrogens is 408 g/mol. The van der Waals surface area contributed by atoms with Gasteiger partial charge in [0.2, 0.25) is 15.1 Å². The first kappa shape index (κ1) is 22.1. The minimum Gasteiger partial charge on any atom is -0.454 e. The summed E-state index contributed by atoms with van der Waals surface area (Å²) in [4.78, 5) is 12.2. The summed E-state index contributed by atoms with van der Waals surface area (Å²) in [5.74, 6) is -0.631. The van der Waals surface area contributed by atoms with Crippen LogP contribution >= 0.6 is 0 Å². The van der Waals surface area contributed by atoms with Crippen molar-refractivity contribution in [3.8, 4) is 0 Å². The van der Waals surface area contributed by atoms with Gasteiger partial charge in [0.15, 0.2) is 0 Å². The second-order valence-electron chi connectivity index (χ2n) is 6.39. The molecule has 0 bridgehead atoms. The lowest BCUT2D eigenvalue weighted by molar-refractivity contribution is 0.0440. The van der Waals surface area contributed by atoms with Gasteiger partial charge in [-0.3, -0.25) is 0 Å². The van der Waals surface area contributed by atoms with Gasteiger partial charge in [0, 0.05) is 20.1 Å². The predicted molar refractivity (Wildman–Crippen MR) is 101 cm³/mol. The van der Waals surface area contributed by atoms with Crippen molar-refractivity contribution in [2.45, 2.75) is 36.5 Å². The zero-order valence-corrected chi connectivity index (χ0v) is 17.5. The number of furan rings is 1. The molecule has 0 aliphatic rings. The standard InChI is InChI=1S/C17H22N2O7S2/c1-12(2)18-27(21,22)15-7-5-6-13(10-15)17(20)25-11-14-8-9-16(26-14)28(23,24)19(3)4/h5-10,12,18H,11H2,1-4H3. The first-order chi connectivity index (χ1) is 12.9. The molecule has 28 heavy (non-hydrogen) atoms. The Morgan fingerprint density at radius 2 is 1.82 bits per heavy atom. The third kappa shape index (κ3) is 5.19. The van der Waals surface area contributed by atoms with Crippen molar-refractivity contribution in [2.75, 3.05) is 14.1 Å². The molecule has 1 heterocycles. The fourth-order valence-corrected chi connectivity index (χ4v) is 4.25. The Balaban J connectivity index is 2.11. The molecule has 0 saturated carbocycles. The first-order valence-electron chi connectivity index (χ1n) is 8.24. The maximum Gasteiger partial charge on any atom is 0.338 e. The molecule has 2 rings (SSSR count). The lowest BCUT2D eigenvalue weighted by atomic mass is 10.2. The van der Waals surface area contributed by atoms with Crippen LogP contribution in [0.4, 0.5) is 0 Å². The van der Waals surface area contributed by atoms with Gasteiger partial charge in [-0.15, -0.1) is 0 Å². The van der Waals surface area contributed by atoms with Gasteiger partial charge in [0.05, 0.1) is 10.5 Å². The van der Waals surface area contributed by atoms with Crippen LogP contribution in [0.5, 0.6) is 0 Å². The molecule has 2 aromatic rings. The smallest absolute Gasteiger partial charge is 0.338 e. The number of rotatable bonds is 8. The van der Waals surface area contributed by atoms with Crippen molar-refractivity contribution in [2.24, 2.45) is 0 Å². The highest BCUT2D eigenvalue weighted by molar-refractivity contribution is 7.89. The summed E-state index contributed by atoms with van der Waals surface area (Å²) in [5.41, 5.74) is 0.0410. The van der Waals surface area contributed by atoms with Gasteiger partial charge < -0.3 is 9.15 Å². The van der Waals surface area contributed by atoms with Crippen LogP contribution in [0.25, 0.3) is 0 Å². The van der Waals surface area contributed by atoms with Crippen molar-refractivity contribution in [3.63, 3.8) is 0 Å². The second-order valence-corrected chi connectivity index (χ2v) is 10.2. The van der Waals surface area contributed by atoms with Gasteiger partial charge in [-0.1, -0.05) is 6.07 Å². The maximum absolute atomic E-state index is 12.2. The molecule has 154 valence electrons. The van der Waals surface area contributed by atoms with Gasteiger partial charge in [-0.2, -0.15) is 0 Å². The van der Waals surface area contributed by atoms with Gasteiger partial charge in [-0.25, -0.2) is 30.7 Å². The molecule has 11 heteroatoms. The quantitative estimate of drug-likeness (QED) is 0.631. The summed E-state index contributed by atoms with van der Waals surface area (Å²) in [6.45, 7) is 3.07. The van der Waals surface area contributed by atoms with E-state index in [1.807, 2.05) is 0 Å². The maximum atomic E-state index is 12.2. The highest BCUT2D eigenvalue weighted by atomic mass is 32.2. The van der Waals surface area contributed by atoms with Gasteiger partial charge >= 0.3 is 5.97 Å². The number of nitrogens with zero attached hydrogens (tertiary/aromatic N) is 1. The SMILES string of the molecule is CC(C)NS(=O)(=O)c1cccc(C(=O)OCc2ccc(S(=O)(=O)N(C)C)o2)c1. The Hall–Kier alpha value is -2.21. The molecule has 1 aromatic carbocycles. The molecule has 0 amide bonds. The largest absolute Gasteiger partial charge is 0.454 e. The lowest BCUT2D eigenvalue weighted by Gasteiger charge is -2.10. The fourth-order valence-electron chi connectivity index (χ4n) is 2.14. The predicted octanol–water partition coefficient (Wildman–Crippen LogP) is 1.57. The van der Waals surface area contributed by atoms with Crippen molar-refractivity contribution in [1.82, 2.24) is 9.03 Å². The molecule has 0 aliphatic heterocycles. The van der Waals surface area contributed by atoms with Crippen LogP contribution in [0.1, 0.15) is 30.0 Å². The van der Waals surface area contributed by atoms with E-state index < -0.39 is 26.0 Å². The van der Waals surface area contributed by atoms with Crippen molar-refractivity contribution >= 4 is 26.0 Å². The second kappa shape index (κ2) is 8.43. The van der Waals surface area contributed by atoms with E-state index in [0.29, 0.717) is 0 Å². The lowest BCUT2D eigenvalue weighted by Crippen LogP contribution is -2.30. The fraction of sp³-hybridized carbons (Fsp3) is 0.353. The molecule has 9 nitrogen and oxygen atoms in total. The van der Waals surface area contributed by atoms with Crippen molar-refractivity contribution in [1.29, 1.82) is 0 Å². The number of nitrogens with one attached hydrogen (secondary N) is 1. The number of hydrogen-bond donors (Lipinski definition) is 1. The highest BCUT2D eigenvalue weighted by Gasteiger charge is 2.22. The Labute approximate surface area is 164 Å². The summed E-state index contributed by atoms with van der Waals surface area (Å²) in [5, 5.41) is -0.267. The monoisotopic (exact) mass is 430 g/mol. The normalized spacial score (nSPS) is 12.5. The van der Waals surface area contributed by atoms with Crippen LogP contribution in [0.2, 0.25) is 0 Å². The molecule has 0 spiro atoms. The van der Waals surface area contributed by atoms with Crippen molar-refractivity contribution < 1.29 is 30.8 Å². The minimum atomic E-state index is -3.75. The van der Waals surface area contributed by atoms with E-state index in [4.69, 9.17) is 9.15 Å². The van der Waals surface area contributed by atoms with Crippen LogP contribution in [0.3, 0.4) is 0 Å². The Kier molecular flexibility index (Phi) is 6.65. The van der Waals surface area contributed by atoms with Crippen LogP contribution in [0, 0.1) is 0 Å². The highest BCUT2D eigenvalue weighted by Crippen LogP contribution is 2.18. The number of esters is 1. The number of carbonyl (C=O) groups is 1. The number of ether oxygens (including phenoxy) is 1. The molecule has 1 N–H and O–H groups in total. The first-order valence-corrected chi connectivity index (χ1v) is 11.2. The van der Waals surface area contributed by atoms with E-state index in [2.05, 4.69) is 4.72 Å². The van der Waals surface area contributed by atoms with E-state index in [1.165, 1.54) is 50.5 Å². The van der Waals surface area contributed by atoms with Gasteiger partial charge in [0.1, 0.15) is 12.4 Å². The van der Waals surface area contributed by atoms with E-state index in [0.717, 1.165) is 4.31 Å². The summed E-state index contributed by atoms with van der Waals surface area (Å²) in [6.07, 6.45) is 0. The Morgan fingerprint density at radius 1 is 1.14 bits per heavy atom. The number of benzene rings is 1.